The number of ether oxygens (including phenoxy) is 1. The van der Waals surface area contributed by atoms with E-state index in [9.17, 15) is 0 Å². The van der Waals surface area contributed by atoms with Gasteiger partial charge in [-0.25, -0.2) is 9.97 Å². The maximum Gasteiger partial charge on any atom is 0.145 e. The van der Waals surface area contributed by atoms with E-state index in [-0.39, 0.29) is 0 Å². The Balaban J connectivity index is 2.11. The normalized spacial score (nSPS) is 15.9. The van der Waals surface area contributed by atoms with Gasteiger partial charge in [-0.1, -0.05) is 6.07 Å². The number of rotatable bonds is 2. The van der Waals surface area contributed by atoms with Crippen molar-refractivity contribution >= 4 is 28.5 Å². The van der Waals surface area contributed by atoms with Gasteiger partial charge in [0.15, 0.2) is 0 Å². The molecule has 1 aliphatic rings. The van der Waals surface area contributed by atoms with E-state index in [2.05, 4.69) is 20.9 Å². The van der Waals surface area contributed by atoms with Crippen LogP contribution in [-0.2, 0) is 0 Å². The van der Waals surface area contributed by atoms with Crippen LogP contribution in [0.1, 0.15) is 0 Å². The van der Waals surface area contributed by atoms with Crippen LogP contribution in [0.2, 0.25) is 0 Å². The minimum Gasteiger partial charge on any atom is -0.494 e. The molecular formula is C13H15N3OS. The molecule has 0 spiro atoms. The number of anilines is 1. The van der Waals surface area contributed by atoms with E-state index in [4.69, 9.17) is 4.74 Å². The lowest BCUT2D eigenvalue weighted by molar-refractivity contribution is 0.419. The van der Waals surface area contributed by atoms with Gasteiger partial charge in [0.05, 0.1) is 7.11 Å². The number of benzene rings is 1. The van der Waals surface area contributed by atoms with Crippen molar-refractivity contribution in [2.45, 2.75) is 0 Å². The van der Waals surface area contributed by atoms with Crippen LogP contribution in [0.5, 0.6) is 5.75 Å². The Kier molecular flexibility index (Phi) is 3.23. The smallest absolute Gasteiger partial charge is 0.145 e. The maximum atomic E-state index is 5.36. The Morgan fingerprint density at radius 1 is 1.22 bits per heavy atom. The molecule has 94 valence electrons. The second-order valence-corrected chi connectivity index (χ2v) is 5.38. The van der Waals surface area contributed by atoms with Crippen molar-refractivity contribution in [3.8, 4) is 5.75 Å². The zero-order chi connectivity index (χ0) is 12.4. The highest BCUT2D eigenvalue weighted by molar-refractivity contribution is 7.99. The highest BCUT2D eigenvalue weighted by Gasteiger charge is 2.16. The Labute approximate surface area is 110 Å². The average Bonchev–Trinajstić information content (AvgIpc) is 2.47. The molecule has 1 aromatic heterocycles. The van der Waals surface area contributed by atoms with Gasteiger partial charge in [-0.3, -0.25) is 0 Å². The van der Waals surface area contributed by atoms with Gasteiger partial charge in [-0.2, -0.15) is 11.8 Å². The Hall–Kier alpha value is -1.49. The van der Waals surface area contributed by atoms with Gasteiger partial charge in [-0.05, 0) is 12.1 Å². The fourth-order valence-electron chi connectivity index (χ4n) is 2.24. The van der Waals surface area contributed by atoms with Crippen LogP contribution in [0.3, 0.4) is 0 Å². The molecule has 3 rings (SSSR count). The zero-order valence-corrected chi connectivity index (χ0v) is 11.1. The third kappa shape index (κ3) is 1.99. The van der Waals surface area contributed by atoms with E-state index in [1.165, 1.54) is 0 Å². The molecule has 2 heterocycles. The van der Waals surface area contributed by atoms with Crippen LogP contribution in [0.15, 0.2) is 24.5 Å². The predicted octanol–water partition coefficient (Wildman–Crippen LogP) is 2.19. The fraction of sp³-hybridized carbons (Fsp3) is 0.385. The van der Waals surface area contributed by atoms with E-state index >= 15 is 0 Å². The van der Waals surface area contributed by atoms with Gasteiger partial charge >= 0.3 is 0 Å². The number of hydrogen-bond acceptors (Lipinski definition) is 5. The van der Waals surface area contributed by atoms with Crippen LogP contribution in [0, 0.1) is 0 Å². The molecule has 1 fully saturated rings. The Morgan fingerprint density at radius 3 is 2.83 bits per heavy atom. The van der Waals surface area contributed by atoms with E-state index < -0.39 is 0 Å². The number of hydrogen-bond donors (Lipinski definition) is 0. The first kappa shape index (κ1) is 11.6. The molecule has 0 N–H and O–H groups in total. The summed E-state index contributed by atoms with van der Waals surface area (Å²) in [5.74, 6) is 4.16. The SMILES string of the molecule is COc1cccc2c(N3CCSCC3)ncnc12. The van der Waals surface area contributed by atoms with Crippen molar-refractivity contribution in [2.24, 2.45) is 0 Å². The molecule has 18 heavy (non-hydrogen) atoms. The molecule has 0 aliphatic carbocycles. The summed E-state index contributed by atoms with van der Waals surface area (Å²) in [5.41, 5.74) is 0.892. The summed E-state index contributed by atoms with van der Waals surface area (Å²) in [5, 5.41) is 1.07. The van der Waals surface area contributed by atoms with Crippen molar-refractivity contribution in [3.63, 3.8) is 0 Å². The molecule has 5 heteroatoms. The molecule has 0 radical (unpaired) electrons. The van der Waals surface area contributed by atoms with Crippen molar-refractivity contribution in [1.82, 2.24) is 9.97 Å². The van der Waals surface area contributed by atoms with E-state index in [0.717, 1.165) is 47.1 Å². The lowest BCUT2D eigenvalue weighted by Gasteiger charge is -2.28. The lowest BCUT2D eigenvalue weighted by Crippen LogP contribution is -2.33. The van der Waals surface area contributed by atoms with Gasteiger partial charge in [-0.15, -0.1) is 0 Å². The molecule has 0 unspecified atom stereocenters. The Morgan fingerprint density at radius 2 is 2.06 bits per heavy atom. The summed E-state index contributed by atoms with van der Waals surface area (Å²) in [6.07, 6.45) is 1.63. The monoisotopic (exact) mass is 261 g/mol. The minimum atomic E-state index is 0.808. The molecule has 0 bridgehead atoms. The number of fused-ring (bicyclic) bond motifs is 1. The highest BCUT2D eigenvalue weighted by Crippen LogP contribution is 2.30. The van der Waals surface area contributed by atoms with Crippen molar-refractivity contribution in [1.29, 1.82) is 0 Å². The van der Waals surface area contributed by atoms with Gasteiger partial charge in [0.25, 0.3) is 0 Å². The summed E-state index contributed by atoms with van der Waals surface area (Å²) < 4.78 is 5.36. The topological polar surface area (TPSA) is 38.2 Å². The summed E-state index contributed by atoms with van der Waals surface area (Å²) in [7, 11) is 1.67. The molecule has 4 nitrogen and oxygen atoms in total. The van der Waals surface area contributed by atoms with Crippen LogP contribution in [0.4, 0.5) is 5.82 Å². The predicted molar refractivity (Wildman–Crippen MR) is 75.6 cm³/mol. The average molecular weight is 261 g/mol. The van der Waals surface area contributed by atoms with Crippen molar-refractivity contribution < 1.29 is 4.74 Å². The lowest BCUT2D eigenvalue weighted by atomic mass is 10.2. The van der Waals surface area contributed by atoms with E-state index in [1.54, 1.807) is 13.4 Å². The third-order valence-corrected chi connectivity index (χ3v) is 4.08. The highest BCUT2D eigenvalue weighted by atomic mass is 32.2. The molecule has 1 saturated heterocycles. The number of nitrogens with zero attached hydrogens (tertiary/aromatic N) is 3. The van der Waals surface area contributed by atoms with E-state index in [1.807, 2.05) is 23.9 Å². The van der Waals surface area contributed by atoms with Gasteiger partial charge < -0.3 is 9.64 Å². The molecule has 0 amide bonds. The molecule has 0 saturated carbocycles. The maximum absolute atomic E-state index is 5.36. The zero-order valence-electron chi connectivity index (χ0n) is 10.3. The first-order valence-electron chi connectivity index (χ1n) is 6.00. The standard InChI is InChI=1S/C13H15N3OS/c1-17-11-4-2-3-10-12(11)14-9-15-13(10)16-5-7-18-8-6-16/h2-4,9H,5-8H2,1H3. The van der Waals surface area contributed by atoms with E-state index in [0.29, 0.717) is 0 Å². The second-order valence-electron chi connectivity index (χ2n) is 4.15. The minimum absolute atomic E-state index is 0.808. The number of aromatic nitrogens is 2. The van der Waals surface area contributed by atoms with Crippen LogP contribution in [0.25, 0.3) is 10.9 Å². The largest absolute Gasteiger partial charge is 0.494 e. The first-order valence-corrected chi connectivity index (χ1v) is 7.16. The summed E-state index contributed by atoms with van der Waals surface area (Å²) in [4.78, 5) is 11.1. The van der Waals surface area contributed by atoms with Gasteiger partial charge in [0, 0.05) is 30.0 Å². The quantitative estimate of drug-likeness (QED) is 0.828. The molecule has 1 aromatic carbocycles. The van der Waals surface area contributed by atoms with Crippen LogP contribution >= 0.6 is 11.8 Å². The fourth-order valence-corrected chi connectivity index (χ4v) is 3.14. The summed E-state index contributed by atoms with van der Waals surface area (Å²) in [6.45, 7) is 2.10. The van der Waals surface area contributed by atoms with Crippen LogP contribution < -0.4 is 9.64 Å². The number of para-hydroxylation sites is 1. The summed E-state index contributed by atoms with van der Waals surface area (Å²) >= 11 is 2.00. The van der Waals surface area contributed by atoms with Crippen molar-refractivity contribution in [2.75, 3.05) is 36.6 Å². The Bertz CT molecular complexity index is 555. The third-order valence-electron chi connectivity index (χ3n) is 3.14. The van der Waals surface area contributed by atoms with Gasteiger partial charge in [0.2, 0.25) is 0 Å². The molecule has 0 atom stereocenters. The van der Waals surface area contributed by atoms with Crippen molar-refractivity contribution in [3.05, 3.63) is 24.5 Å². The van der Waals surface area contributed by atoms with Crippen LogP contribution in [-0.4, -0.2) is 41.7 Å². The van der Waals surface area contributed by atoms with Gasteiger partial charge in [0.1, 0.15) is 23.4 Å². The summed E-state index contributed by atoms with van der Waals surface area (Å²) in [6, 6.07) is 5.99. The molecule has 2 aromatic rings. The first-order chi connectivity index (χ1) is 8.90. The molecule has 1 aliphatic heterocycles. The number of methoxy groups -OCH3 is 1. The second kappa shape index (κ2) is 5.02. The molecular weight excluding hydrogens is 246 g/mol. The number of thioether (sulfide) groups is 1.